The molecule has 2 amide bonds. The molecule has 0 saturated heterocycles. The summed E-state index contributed by atoms with van der Waals surface area (Å²) < 4.78 is 26.9. The lowest BCUT2D eigenvalue weighted by molar-refractivity contribution is -0.114. The monoisotopic (exact) mass is 1510 g/mol. The van der Waals surface area contributed by atoms with Crippen molar-refractivity contribution in [2.24, 2.45) is 11.8 Å². The summed E-state index contributed by atoms with van der Waals surface area (Å²) in [7, 11) is 0. The fourth-order valence-electron chi connectivity index (χ4n) is 16.4. The van der Waals surface area contributed by atoms with E-state index in [9.17, 15) is 0 Å². The van der Waals surface area contributed by atoms with Gasteiger partial charge in [0.25, 0.3) is 11.8 Å². The SMILES string of the molecule is CCCCCCCCC(CCCCCCCC)CN1C(=O)/C(=C2/C(=O)N(CC(CCCCCCCC)CCCCCCCC)c3cc(-c4sc(-c5cc(-c6ccccn6)nc(-c6ccccn6)c5)c5c4OCCO5)ccc32)c2ccc(-c3sc(-c4cc(-c5ccccn5)nc(-c5ccccn5)c4)c4c3OCCO4)cc21. The molecule has 0 bridgehead atoms. The van der Waals surface area contributed by atoms with E-state index in [0.717, 1.165) is 138 Å². The molecule has 0 atom stereocenters. The largest absolute Gasteiger partial charge is 0.485 e. The standard InChI is InChI=1S/C94H108N8O6S2/c1-5-9-13-17-21-25-37-65(38-26-22-18-14-10-6-2)63-101-81-61-67(89-85-87(107-55-53-105-85)91(109-89)69-57-77(73-41-29-33-49-95-73)99-78(58-69)74-42-30-34-50-96-74)45-47-71(81)83(93(101)103)84-72-48-46-68(62-82(72)102(94(84)104)64-66(39-27-23-19-15-11-7-3)40-28-24-20-16-12-8-4)90-86-88(108-56-54-106-86)92(110-90)70-59-79(75-43-31-35-51-97-75)100-80(60-70)76-44-32-36-52-98-76/h29-36,41-52,57-62,65-66H,5-28,37-40,53-56,63-64H2,1-4H3/b84-83+. The number of aromatic nitrogens is 6. The highest BCUT2D eigenvalue weighted by Crippen LogP contribution is 2.58. The molecule has 2 aromatic carbocycles. The second-order valence-electron chi connectivity index (χ2n) is 30.3. The second kappa shape index (κ2) is 38.5. The molecule has 14 rings (SSSR count). The molecular weight excluding hydrogens is 1400 g/mol. The molecule has 572 valence electrons. The first-order valence-corrected chi connectivity index (χ1v) is 43.1. The lowest BCUT2D eigenvalue weighted by Crippen LogP contribution is -2.34. The first-order valence-electron chi connectivity index (χ1n) is 41.5. The van der Waals surface area contributed by atoms with Gasteiger partial charge in [-0.25, -0.2) is 9.97 Å². The molecular formula is C94H108N8O6S2. The van der Waals surface area contributed by atoms with Crippen LogP contribution in [-0.4, -0.2) is 81.2 Å². The Morgan fingerprint density at radius 1 is 0.327 bits per heavy atom. The molecule has 0 spiro atoms. The average molecular weight is 1510 g/mol. The molecule has 16 heteroatoms. The van der Waals surface area contributed by atoms with E-state index in [4.69, 9.17) is 48.9 Å². The first-order chi connectivity index (χ1) is 54.3. The van der Waals surface area contributed by atoms with E-state index in [1.165, 1.54) is 128 Å². The van der Waals surface area contributed by atoms with Crippen LogP contribution in [0.4, 0.5) is 11.4 Å². The van der Waals surface area contributed by atoms with E-state index in [1.54, 1.807) is 47.5 Å². The molecule has 0 fully saturated rings. The number of pyridine rings is 6. The zero-order chi connectivity index (χ0) is 75.4. The van der Waals surface area contributed by atoms with Crippen LogP contribution in [0.5, 0.6) is 23.0 Å². The molecule has 0 aliphatic carbocycles. The summed E-state index contributed by atoms with van der Waals surface area (Å²) in [6.45, 7) is 11.8. The van der Waals surface area contributed by atoms with E-state index in [2.05, 4.69) is 98.2 Å². The van der Waals surface area contributed by atoms with Gasteiger partial charge in [-0.15, -0.1) is 22.7 Å². The van der Waals surface area contributed by atoms with Crippen molar-refractivity contribution in [3.63, 3.8) is 0 Å². The quantitative estimate of drug-likeness (QED) is 0.0265. The van der Waals surface area contributed by atoms with Crippen LogP contribution in [0.1, 0.15) is 219 Å². The van der Waals surface area contributed by atoms with Crippen LogP contribution < -0.4 is 28.7 Å². The minimum Gasteiger partial charge on any atom is -0.485 e. The Morgan fingerprint density at radius 2 is 0.609 bits per heavy atom. The summed E-state index contributed by atoms with van der Waals surface area (Å²) in [6, 6.07) is 44.8. The Kier molecular flexibility index (Phi) is 27.1. The molecule has 14 nitrogen and oxygen atoms in total. The zero-order valence-electron chi connectivity index (χ0n) is 65.1. The molecule has 12 heterocycles. The van der Waals surface area contributed by atoms with E-state index < -0.39 is 0 Å². The predicted octanol–water partition coefficient (Wildman–Crippen LogP) is 24.9. The molecule has 8 aromatic heterocycles. The third-order valence-corrected chi connectivity index (χ3v) is 24.7. The fourth-order valence-corrected chi connectivity index (χ4v) is 18.7. The van der Waals surface area contributed by atoms with Gasteiger partial charge in [-0.3, -0.25) is 29.5 Å². The number of hydrogen-bond donors (Lipinski definition) is 0. The van der Waals surface area contributed by atoms with Gasteiger partial charge in [-0.05, 0) is 134 Å². The number of unbranched alkanes of at least 4 members (excludes halogenated alkanes) is 20. The van der Waals surface area contributed by atoms with Gasteiger partial charge in [-0.2, -0.15) is 0 Å². The van der Waals surface area contributed by atoms with Gasteiger partial charge in [0.1, 0.15) is 26.4 Å². The highest BCUT2D eigenvalue weighted by atomic mass is 32.1. The number of anilines is 2. The van der Waals surface area contributed by atoms with Crippen molar-refractivity contribution in [1.82, 2.24) is 29.9 Å². The summed E-state index contributed by atoms with van der Waals surface area (Å²) in [5.41, 5.74) is 13.6. The van der Waals surface area contributed by atoms with Crippen molar-refractivity contribution in [1.29, 1.82) is 0 Å². The number of thiophene rings is 2. The van der Waals surface area contributed by atoms with Crippen LogP contribution in [0.25, 0.3) is 98.5 Å². The fraction of sp³-hybridized carbons (Fsp3) is 0.426. The van der Waals surface area contributed by atoms with Crippen molar-refractivity contribution < 1.29 is 28.5 Å². The Balaban J connectivity index is 0.913. The topological polar surface area (TPSA) is 155 Å². The maximum atomic E-state index is 16.7. The molecule has 0 unspecified atom stereocenters. The minimum absolute atomic E-state index is 0.117. The Hall–Kier alpha value is -9.38. The number of rotatable bonds is 40. The van der Waals surface area contributed by atoms with E-state index in [1.807, 2.05) is 72.8 Å². The van der Waals surface area contributed by atoms with Crippen LogP contribution in [0, 0.1) is 11.8 Å². The molecule has 0 radical (unpaired) electrons. The summed E-state index contributed by atoms with van der Waals surface area (Å²) in [6.07, 6.45) is 40.2. The Labute approximate surface area is 659 Å². The van der Waals surface area contributed by atoms with Gasteiger partial charge in [0, 0.05) is 60.1 Å². The third-order valence-electron chi connectivity index (χ3n) is 22.2. The third kappa shape index (κ3) is 18.3. The lowest BCUT2D eigenvalue weighted by Gasteiger charge is -2.25. The van der Waals surface area contributed by atoms with Crippen LogP contribution in [-0.2, 0) is 9.59 Å². The number of ether oxygens (including phenoxy) is 4. The van der Waals surface area contributed by atoms with Crippen molar-refractivity contribution in [3.8, 4) is 110 Å². The summed E-state index contributed by atoms with van der Waals surface area (Å²) in [5.74, 6) is 2.97. The molecule has 4 aliphatic heterocycles. The first kappa shape index (κ1) is 77.4. The number of nitrogens with zero attached hydrogens (tertiary/aromatic N) is 8. The maximum Gasteiger partial charge on any atom is 0.259 e. The number of benzene rings is 2. The Morgan fingerprint density at radius 3 is 0.891 bits per heavy atom. The minimum atomic E-state index is -0.117. The maximum absolute atomic E-state index is 16.7. The molecule has 0 N–H and O–H groups in total. The second-order valence-corrected chi connectivity index (χ2v) is 32.4. The van der Waals surface area contributed by atoms with Crippen molar-refractivity contribution in [2.45, 2.75) is 207 Å². The van der Waals surface area contributed by atoms with Gasteiger partial charge in [0.15, 0.2) is 23.0 Å². The molecule has 10 aromatic rings. The van der Waals surface area contributed by atoms with Gasteiger partial charge >= 0.3 is 0 Å². The van der Waals surface area contributed by atoms with E-state index >= 15 is 9.59 Å². The smallest absolute Gasteiger partial charge is 0.259 e. The number of amides is 2. The van der Waals surface area contributed by atoms with Crippen LogP contribution in [0.2, 0.25) is 0 Å². The zero-order valence-corrected chi connectivity index (χ0v) is 66.7. The highest BCUT2D eigenvalue weighted by Gasteiger charge is 2.44. The number of carbonyl (C=O) groups excluding carboxylic acids is 2. The summed E-state index contributed by atoms with van der Waals surface area (Å²) in [5, 5.41) is 0. The van der Waals surface area contributed by atoms with Crippen LogP contribution in [0.3, 0.4) is 0 Å². The highest BCUT2D eigenvalue weighted by molar-refractivity contribution is 7.20. The normalized spacial score (nSPS) is 14.4. The van der Waals surface area contributed by atoms with Gasteiger partial charge in [0.05, 0.1) is 87.6 Å². The van der Waals surface area contributed by atoms with Gasteiger partial charge < -0.3 is 28.7 Å². The molecule has 0 saturated carbocycles. The molecule has 4 aliphatic rings. The summed E-state index contributed by atoms with van der Waals surface area (Å²) in [4.78, 5) is 70.5. The molecule has 110 heavy (non-hydrogen) atoms. The van der Waals surface area contributed by atoms with Crippen LogP contribution in [0.15, 0.2) is 158 Å². The van der Waals surface area contributed by atoms with Crippen molar-refractivity contribution >= 4 is 57.0 Å². The van der Waals surface area contributed by atoms with Crippen molar-refractivity contribution in [2.75, 3.05) is 49.3 Å². The van der Waals surface area contributed by atoms with Crippen molar-refractivity contribution in [3.05, 3.63) is 169 Å². The van der Waals surface area contributed by atoms with Gasteiger partial charge in [-0.1, -0.05) is 230 Å². The summed E-state index contributed by atoms with van der Waals surface area (Å²) >= 11 is 3.24. The Bertz CT molecular complexity index is 4290. The average Bonchev–Trinajstić information content (AvgIpc) is 1.56. The number of fused-ring (bicyclic) bond motifs is 4. The number of carbonyl (C=O) groups is 2. The lowest BCUT2D eigenvalue weighted by atomic mass is 9.93. The van der Waals surface area contributed by atoms with Crippen LogP contribution >= 0.6 is 22.7 Å². The van der Waals surface area contributed by atoms with E-state index in [-0.39, 0.29) is 23.7 Å². The van der Waals surface area contributed by atoms with E-state index in [0.29, 0.717) is 96.4 Å². The number of hydrogen-bond acceptors (Lipinski definition) is 14. The predicted molar refractivity (Wildman–Crippen MR) is 451 cm³/mol. The van der Waals surface area contributed by atoms with Gasteiger partial charge in [0.2, 0.25) is 0 Å².